The second-order valence-electron chi connectivity index (χ2n) is 25.2. The van der Waals surface area contributed by atoms with Crippen LogP contribution in [0.4, 0.5) is 58.8 Å². The van der Waals surface area contributed by atoms with Crippen LogP contribution in [0.3, 0.4) is 0 Å². The molecule has 0 amide bonds. The Morgan fingerprint density at radius 3 is 1.27 bits per heavy atom. The van der Waals surface area contributed by atoms with Crippen molar-refractivity contribution in [3.05, 3.63) is 242 Å². The van der Waals surface area contributed by atoms with Crippen molar-refractivity contribution < 1.29 is 43.8 Å². The minimum absolute atomic E-state index is 0.0621. The van der Waals surface area contributed by atoms with Crippen LogP contribution in [0, 0.1) is 41.0 Å². The molecule has 1 fully saturated rings. The largest absolute Gasteiger partial charge is 0.394 e. The van der Waals surface area contributed by atoms with Gasteiger partial charge in [0.05, 0.1) is 133 Å². The molecule has 0 aliphatic carbocycles. The first-order valence-electron chi connectivity index (χ1n) is 33.1. The number of benzene rings is 4. The van der Waals surface area contributed by atoms with E-state index in [-0.39, 0.29) is 131 Å². The first-order chi connectivity index (χ1) is 52.3. The molecular weight excluding hydrogens is 1870 g/mol. The Morgan fingerprint density at radius 2 is 0.864 bits per heavy atom. The number of anilines is 8. The molecule has 12 aromatic rings. The average molecular weight is 1940 g/mol. The monoisotopic (exact) mass is 1940 g/mol. The van der Waals surface area contributed by atoms with Gasteiger partial charge in [-0.15, -0.1) is 0 Å². The molecule has 1 aliphatic heterocycles. The van der Waals surface area contributed by atoms with Crippen LogP contribution < -0.4 is 71.1 Å². The third kappa shape index (κ3) is 18.9. The van der Waals surface area contributed by atoms with Gasteiger partial charge in [0.15, 0.2) is 16.9 Å². The summed E-state index contributed by atoms with van der Waals surface area (Å²) in [5.41, 5.74) is -0.641. The highest BCUT2D eigenvalue weighted by atomic mass is 127. The average Bonchev–Trinajstić information content (AvgIpc) is 0.780. The maximum Gasteiger partial charge on any atom is 0.264 e. The zero-order chi connectivity index (χ0) is 79.9. The summed E-state index contributed by atoms with van der Waals surface area (Å²) in [5.74, 6) is -1.11. The fraction of sp³-hybridized carbons (Fsp3) is 0.268. The van der Waals surface area contributed by atoms with Gasteiger partial charge in [-0.3, -0.25) is 74.9 Å². The van der Waals surface area contributed by atoms with E-state index in [0.29, 0.717) is 31.2 Å². The number of nitrogens with zero attached hydrogens (tertiary/aromatic N) is 12. The van der Waals surface area contributed by atoms with E-state index >= 15 is 0 Å². The number of halogens is 8. The summed E-state index contributed by atoms with van der Waals surface area (Å²) in [6.07, 6.45) is 2.74. The summed E-state index contributed by atoms with van der Waals surface area (Å²) in [4.78, 5) is 118. The smallest absolute Gasteiger partial charge is 0.264 e. The van der Waals surface area contributed by atoms with Crippen molar-refractivity contribution in [1.29, 1.82) is 0 Å². The zero-order valence-corrected chi connectivity index (χ0v) is 67.5. The normalized spacial score (nSPS) is 13.4. The lowest BCUT2D eigenvalue weighted by atomic mass is 10.1. The number of rotatable bonds is 19. The molecule has 1 aliphatic rings. The fourth-order valence-corrected chi connectivity index (χ4v) is 13.7. The molecule has 0 radical (unpaired) electrons. The number of fused-ring (bicyclic) bond motifs is 4. The van der Waals surface area contributed by atoms with E-state index in [4.69, 9.17) is 26.9 Å². The van der Waals surface area contributed by atoms with Gasteiger partial charge >= 0.3 is 0 Å². The highest BCUT2D eigenvalue weighted by Gasteiger charge is 2.24. The van der Waals surface area contributed by atoms with Gasteiger partial charge in [0.1, 0.15) is 44.8 Å². The second-order valence-corrected chi connectivity index (χ2v) is 30.3. The van der Waals surface area contributed by atoms with Gasteiger partial charge in [0.25, 0.3) is 44.5 Å². The van der Waals surface area contributed by atoms with Crippen molar-refractivity contribution in [2.75, 3.05) is 54.2 Å². The number of aliphatic hydroxyl groups excluding tert-OH is 6. The van der Waals surface area contributed by atoms with Crippen LogP contribution in [-0.2, 0) is 54.4 Å². The first-order valence-corrected chi connectivity index (χ1v) is 37.5. The Bertz CT molecular complexity index is 5880. The Morgan fingerprint density at radius 1 is 0.491 bits per heavy atom. The summed E-state index contributed by atoms with van der Waals surface area (Å²) in [7, 11) is 6.03. The highest BCUT2D eigenvalue weighted by molar-refractivity contribution is 14.1. The molecule has 4 aromatic carbocycles. The van der Waals surface area contributed by atoms with Crippen LogP contribution in [0.5, 0.6) is 0 Å². The predicted molar refractivity (Wildman–Crippen MR) is 440 cm³/mol. The summed E-state index contributed by atoms with van der Waals surface area (Å²) in [6, 6.07) is 22.7. The molecule has 0 saturated carbocycles. The lowest BCUT2D eigenvalue weighted by molar-refractivity contribution is 0.0802. The number of aryl methyl sites for hydroxylation is 4. The Kier molecular flexibility index (Phi) is 27.6. The van der Waals surface area contributed by atoms with Gasteiger partial charge in [0.2, 0.25) is 0 Å². The third-order valence-corrected chi connectivity index (χ3v) is 20.3. The van der Waals surface area contributed by atoms with Crippen molar-refractivity contribution >= 4 is 185 Å². The number of aromatic nitrogens is 12. The van der Waals surface area contributed by atoms with Gasteiger partial charge < -0.3 is 57.2 Å². The van der Waals surface area contributed by atoms with E-state index in [2.05, 4.69) is 85.0 Å². The van der Waals surface area contributed by atoms with Crippen molar-refractivity contribution in [2.45, 2.75) is 57.8 Å². The van der Waals surface area contributed by atoms with Gasteiger partial charge in [-0.25, -0.2) is 33.1 Å². The molecule has 578 valence electrons. The fourth-order valence-electron chi connectivity index (χ4n) is 11.6. The maximum absolute atomic E-state index is 14.3. The van der Waals surface area contributed by atoms with E-state index < -0.39 is 77.8 Å². The minimum Gasteiger partial charge on any atom is -0.394 e. The van der Waals surface area contributed by atoms with Crippen LogP contribution in [0.25, 0.3) is 44.0 Å². The summed E-state index contributed by atoms with van der Waals surface area (Å²) >= 11 is 15.5. The highest BCUT2D eigenvalue weighted by Crippen LogP contribution is 2.32. The van der Waals surface area contributed by atoms with Crippen LogP contribution in [-0.4, -0.2) is 138 Å². The van der Waals surface area contributed by atoms with Crippen molar-refractivity contribution in [2.24, 2.45) is 34.1 Å². The predicted octanol–water partition coefficient (Wildman–Crippen LogP) is 5.98. The van der Waals surface area contributed by atoms with Crippen LogP contribution >= 0.6 is 95.3 Å². The zero-order valence-electron chi connectivity index (χ0n) is 58.7. The molecule has 31 nitrogen and oxygen atoms in total. The molecule has 39 heteroatoms. The van der Waals surface area contributed by atoms with E-state index in [0.717, 1.165) is 35.8 Å². The minimum atomic E-state index is -1.14. The van der Waals surface area contributed by atoms with Crippen LogP contribution in [0.2, 0.25) is 5.02 Å². The van der Waals surface area contributed by atoms with Crippen molar-refractivity contribution in [3.8, 4) is 0 Å². The summed E-state index contributed by atoms with van der Waals surface area (Å²) in [5, 5.41) is 71.9. The number of hydrogen-bond acceptors (Lipinski definition) is 23. The molecule has 4 atom stereocenters. The molecule has 1 saturated heterocycles. The van der Waals surface area contributed by atoms with E-state index in [9.17, 15) is 66.8 Å². The van der Waals surface area contributed by atoms with Gasteiger partial charge in [0, 0.05) is 73.7 Å². The molecule has 8 aromatic heterocycles. The number of aliphatic hydroxyl groups is 6. The number of pyridine rings is 4. The van der Waals surface area contributed by atoms with E-state index in [1.54, 1.807) is 54.9 Å². The molecule has 110 heavy (non-hydrogen) atoms. The lowest BCUT2D eigenvalue weighted by Crippen LogP contribution is -2.32. The van der Waals surface area contributed by atoms with Crippen LogP contribution in [0.15, 0.2) is 159 Å². The summed E-state index contributed by atoms with van der Waals surface area (Å²) in [6.45, 7) is 1.91. The Balaban J connectivity index is 0.000000156. The maximum atomic E-state index is 14.3. The number of nitrogens with one attached hydrogen (secondary N) is 5. The molecule has 11 N–H and O–H groups in total. The topological polar surface area (TPSA) is 409 Å². The van der Waals surface area contributed by atoms with Crippen molar-refractivity contribution in [1.82, 2.24) is 61.8 Å². The van der Waals surface area contributed by atoms with Gasteiger partial charge in [-0.1, -0.05) is 27.5 Å². The van der Waals surface area contributed by atoms with Crippen LogP contribution in [0.1, 0.15) is 12.0 Å². The molecule has 0 spiro atoms. The summed E-state index contributed by atoms with van der Waals surface area (Å²) < 4.78 is 55.8. The van der Waals surface area contributed by atoms with Gasteiger partial charge in [-0.05, 0) is 173 Å². The second kappa shape index (κ2) is 36.4. The Hall–Kier alpha value is -9.09. The quantitative estimate of drug-likeness (QED) is 0.0415. The molecule has 1 unspecified atom stereocenters. The standard InChI is InChI=1S/C19H19FIN5O2.C18H18FIN4O4.C17H16BrFN4O4.C17H16ClIN4O4/c1-25-16(27)7-15(24-14-3-2-12(21)6-13(14)20)17-18(25)23-10-26(19(17)28)9-11-4-5-22-8-11;1-9-15-14(18(28)24(8-21-15)6-11(26)7-25)16(23(2)17(9)27)22-13-4-3-10(20)5-12(13)19;1-22-14(26)5-13(21-12-3-2-9(18)4-11(12)19)15-16(22)20-8-23(17(15)27)6-10(25)7-24;1-22-14(26)5-13(21-12-3-2-9(19)4-11(12)18)15-16(22)20-8-23(17(15)27)6-10(25)7-24/h2-3,6-7,10-11,22,24H,4-5,8-9H2,1H3;3-5,8,11,22,25-26H,6-7H2,1-2H3;2*2-5,8,10,21,24-25H,6-7H2,1H3/t;11-;2*10-/m.000/s1. The molecule has 0 bridgehead atoms. The number of hydrogen-bond donors (Lipinski definition) is 11. The van der Waals surface area contributed by atoms with E-state index in [1.807, 2.05) is 51.2 Å². The van der Waals surface area contributed by atoms with E-state index in [1.165, 1.54) is 118 Å². The Labute approximate surface area is 673 Å². The van der Waals surface area contributed by atoms with Crippen molar-refractivity contribution in [3.63, 3.8) is 0 Å². The third-order valence-electron chi connectivity index (χ3n) is 17.5. The molecule has 9 heterocycles. The SMILES string of the molecule is Cc1c(=O)n(C)c(Nc2ccc(I)cc2F)c2c(=O)n(C[C@H](O)CO)cnc12.Cn1c(=O)cc(Nc2ccc(Br)cc2F)c2c(=O)n(C[C@H](O)CO)cnc21.Cn1c(=O)cc(Nc2ccc(I)cc2Cl)c2c(=O)n(C[C@H](O)CO)cnc21.Cn1c(=O)cc(Nc2ccc(I)cc2F)c2c(=O)n(CC3CCNC3)cnc21. The first kappa shape index (κ1) is 83.4. The molecule has 13 rings (SSSR count). The van der Waals surface area contributed by atoms with Gasteiger partial charge in [-0.2, -0.15) is 0 Å². The lowest BCUT2D eigenvalue weighted by Gasteiger charge is -2.17. The molecular formula is C71H69BrClF3I3N17O14.